The molecule has 1 atom stereocenters. The lowest BCUT2D eigenvalue weighted by Crippen LogP contribution is -2.36. The molecular weight excluding hydrogens is 280 g/mol. The summed E-state index contributed by atoms with van der Waals surface area (Å²) in [6.45, 7) is 4.77. The van der Waals surface area contributed by atoms with Gasteiger partial charge in [-0.3, -0.25) is 4.21 Å². The molecule has 1 aliphatic rings. The maximum absolute atomic E-state index is 11.6. The molecule has 2 rings (SSSR count). The zero-order chi connectivity index (χ0) is 13.9. The van der Waals surface area contributed by atoms with Crippen LogP contribution in [0.2, 0.25) is 0 Å². The second kappa shape index (κ2) is 6.17. The fourth-order valence-electron chi connectivity index (χ4n) is 2.19. The van der Waals surface area contributed by atoms with Crippen molar-refractivity contribution in [3.05, 3.63) is 5.82 Å². The van der Waals surface area contributed by atoms with Crippen LogP contribution in [0.4, 0.5) is 5.13 Å². The summed E-state index contributed by atoms with van der Waals surface area (Å²) < 4.78 is 20.3. The van der Waals surface area contributed by atoms with Crippen LogP contribution in [0, 0.1) is 5.92 Å². The Morgan fingerprint density at radius 1 is 1.53 bits per heavy atom. The normalized spacial score (nSPS) is 20.6. The molecule has 1 saturated heterocycles. The first-order valence-corrected chi connectivity index (χ1v) is 9.79. The average molecular weight is 302 g/mol. The fraction of sp³-hybridized carbons (Fsp3) is 0.833. The summed E-state index contributed by atoms with van der Waals surface area (Å²) in [7, 11) is -1.97. The van der Waals surface area contributed by atoms with E-state index in [9.17, 15) is 4.21 Å². The molecule has 0 bridgehead atoms. The van der Waals surface area contributed by atoms with Crippen LogP contribution in [0.25, 0.3) is 0 Å². The van der Waals surface area contributed by atoms with Crippen LogP contribution in [0.15, 0.2) is 4.36 Å². The smallest absolute Gasteiger partial charge is 0.205 e. The third-order valence-electron chi connectivity index (χ3n) is 3.21. The molecule has 1 aliphatic heterocycles. The summed E-state index contributed by atoms with van der Waals surface area (Å²) in [6, 6.07) is 0. The Morgan fingerprint density at radius 3 is 2.95 bits per heavy atom. The predicted molar refractivity (Wildman–Crippen MR) is 81.5 cm³/mol. The number of hydrogen-bond acceptors (Lipinski definition) is 6. The second-order valence-corrected chi connectivity index (χ2v) is 8.64. The van der Waals surface area contributed by atoms with Crippen molar-refractivity contribution in [2.24, 2.45) is 10.3 Å². The van der Waals surface area contributed by atoms with Crippen LogP contribution in [0.1, 0.15) is 25.6 Å². The minimum absolute atomic E-state index is 0.489. The zero-order valence-corrected chi connectivity index (χ0v) is 13.5. The molecule has 19 heavy (non-hydrogen) atoms. The number of nitrogens with zero attached hydrogens (tertiary/aromatic N) is 4. The van der Waals surface area contributed by atoms with Gasteiger partial charge in [0.25, 0.3) is 0 Å². The number of aromatic nitrogens is 2. The van der Waals surface area contributed by atoms with Crippen molar-refractivity contribution < 1.29 is 4.21 Å². The first kappa shape index (κ1) is 14.7. The van der Waals surface area contributed by atoms with Gasteiger partial charge in [0, 0.05) is 53.3 Å². The highest BCUT2D eigenvalue weighted by molar-refractivity contribution is 7.92. The quantitative estimate of drug-likeness (QED) is 0.854. The van der Waals surface area contributed by atoms with E-state index in [-0.39, 0.29) is 0 Å². The first-order chi connectivity index (χ1) is 8.98. The first-order valence-electron chi connectivity index (χ1n) is 6.68. The van der Waals surface area contributed by atoms with Crippen molar-refractivity contribution >= 4 is 26.4 Å². The Bertz CT molecular complexity index is 526. The third kappa shape index (κ3) is 4.42. The van der Waals surface area contributed by atoms with E-state index in [1.54, 1.807) is 12.5 Å². The summed E-state index contributed by atoms with van der Waals surface area (Å²) in [5.74, 6) is 1.42. The molecule has 1 fully saturated rings. The molecule has 0 radical (unpaired) electrons. The van der Waals surface area contributed by atoms with Crippen molar-refractivity contribution in [1.29, 1.82) is 0 Å². The Labute approximate surface area is 119 Å². The fourth-order valence-corrected chi connectivity index (χ4v) is 3.54. The maximum Gasteiger partial charge on any atom is 0.205 e. The van der Waals surface area contributed by atoms with E-state index < -0.39 is 9.73 Å². The summed E-state index contributed by atoms with van der Waals surface area (Å²) in [5, 5.41) is 1.02. The number of aryl methyl sites for hydroxylation is 1. The van der Waals surface area contributed by atoms with E-state index >= 15 is 0 Å². The van der Waals surface area contributed by atoms with Gasteiger partial charge < -0.3 is 4.90 Å². The van der Waals surface area contributed by atoms with Crippen LogP contribution in [-0.4, -0.2) is 45.7 Å². The molecule has 0 aliphatic carbocycles. The van der Waals surface area contributed by atoms with Crippen LogP contribution in [-0.2, 0) is 16.1 Å². The molecule has 0 N–H and O–H groups in total. The predicted octanol–water partition coefficient (Wildman–Crippen LogP) is 2.04. The number of hydrogen-bond donors (Lipinski definition) is 0. The highest BCUT2D eigenvalue weighted by atomic mass is 32.2. The molecule has 0 amide bonds. The van der Waals surface area contributed by atoms with Crippen molar-refractivity contribution in [2.75, 3.05) is 37.0 Å². The topological polar surface area (TPSA) is 58.5 Å². The second-order valence-electron chi connectivity index (χ2n) is 5.29. The Balaban J connectivity index is 1.99. The number of piperidine rings is 1. The van der Waals surface area contributed by atoms with Gasteiger partial charge in [0.2, 0.25) is 5.13 Å². The van der Waals surface area contributed by atoms with Crippen LogP contribution in [0.3, 0.4) is 0 Å². The highest BCUT2D eigenvalue weighted by Crippen LogP contribution is 2.25. The number of anilines is 1. The molecule has 2 heterocycles. The summed E-state index contributed by atoms with van der Waals surface area (Å²) >= 11 is 1.48. The summed E-state index contributed by atoms with van der Waals surface area (Å²) in [5.41, 5.74) is 0. The Hall–Kier alpha value is -0.690. The molecule has 108 valence electrons. The molecule has 1 unspecified atom stereocenters. The van der Waals surface area contributed by atoms with Gasteiger partial charge in [-0.25, -0.2) is 9.35 Å². The third-order valence-corrected chi connectivity index (χ3v) is 4.79. The largest absolute Gasteiger partial charge is 0.347 e. The molecule has 0 spiro atoms. The van der Waals surface area contributed by atoms with Gasteiger partial charge in [0.15, 0.2) is 0 Å². The lowest BCUT2D eigenvalue weighted by Gasteiger charge is -2.31. The molecule has 0 aromatic carbocycles. The van der Waals surface area contributed by atoms with Gasteiger partial charge in [-0.1, -0.05) is 6.92 Å². The van der Waals surface area contributed by atoms with Crippen molar-refractivity contribution in [1.82, 2.24) is 9.36 Å². The SMILES string of the molecule is CCc1nsc(N2CCCC(CN=S(C)(C)=O)C2)n1. The molecular formula is C12H22N4OS2. The summed E-state index contributed by atoms with van der Waals surface area (Å²) in [4.78, 5) is 6.84. The minimum Gasteiger partial charge on any atom is -0.347 e. The Morgan fingerprint density at radius 2 is 2.32 bits per heavy atom. The van der Waals surface area contributed by atoms with E-state index in [1.807, 2.05) is 0 Å². The molecule has 0 saturated carbocycles. The van der Waals surface area contributed by atoms with E-state index in [1.165, 1.54) is 11.5 Å². The lowest BCUT2D eigenvalue weighted by molar-refractivity contribution is 0.424. The number of rotatable bonds is 4. The molecule has 5 nitrogen and oxygen atoms in total. The molecule has 7 heteroatoms. The average Bonchev–Trinajstić information content (AvgIpc) is 2.85. The van der Waals surface area contributed by atoms with Crippen LogP contribution >= 0.6 is 11.5 Å². The Kier molecular flexibility index (Phi) is 4.78. The minimum atomic E-state index is -1.97. The van der Waals surface area contributed by atoms with Gasteiger partial charge in [0.05, 0.1) is 6.54 Å². The van der Waals surface area contributed by atoms with Gasteiger partial charge in [-0.2, -0.15) is 4.37 Å². The van der Waals surface area contributed by atoms with E-state index in [0.29, 0.717) is 12.5 Å². The van der Waals surface area contributed by atoms with Gasteiger partial charge in [-0.15, -0.1) is 0 Å². The van der Waals surface area contributed by atoms with Gasteiger partial charge in [-0.05, 0) is 18.8 Å². The molecule has 1 aromatic heterocycles. The highest BCUT2D eigenvalue weighted by Gasteiger charge is 2.22. The standard InChI is InChI=1S/C12H22N4OS2/c1-4-11-14-12(18-15-11)16-7-5-6-10(9-16)8-13-19(2,3)17/h10H,4-9H2,1-3H3. The van der Waals surface area contributed by atoms with Crippen LogP contribution < -0.4 is 4.90 Å². The van der Waals surface area contributed by atoms with E-state index in [0.717, 1.165) is 43.3 Å². The van der Waals surface area contributed by atoms with Gasteiger partial charge >= 0.3 is 0 Å². The zero-order valence-electron chi connectivity index (χ0n) is 11.8. The van der Waals surface area contributed by atoms with Crippen molar-refractivity contribution in [3.63, 3.8) is 0 Å². The van der Waals surface area contributed by atoms with Crippen LogP contribution in [0.5, 0.6) is 0 Å². The van der Waals surface area contributed by atoms with Crippen molar-refractivity contribution in [2.45, 2.75) is 26.2 Å². The van der Waals surface area contributed by atoms with Gasteiger partial charge in [0.1, 0.15) is 5.82 Å². The van der Waals surface area contributed by atoms with E-state index in [2.05, 4.69) is 25.5 Å². The lowest BCUT2D eigenvalue weighted by atomic mass is 9.99. The van der Waals surface area contributed by atoms with E-state index in [4.69, 9.17) is 0 Å². The van der Waals surface area contributed by atoms with Crippen molar-refractivity contribution in [3.8, 4) is 0 Å². The monoisotopic (exact) mass is 302 g/mol. The molecule has 1 aromatic rings. The maximum atomic E-state index is 11.6. The summed E-state index contributed by atoms with van der Waals surface area (Å²) in [6.07, 6.45) is 6.60.